The van der Waals surface area contributed by atoms with Gasteiger partial charge in [0.15, 0.2) is 0 Å². The molecule has 0 aromatic rings. The maximum absolute atomic E-state index is 11.9. The molecule has 298 valence electrons. The summed E-state index contributed by atoms with van der Waals surface area (Å²) in [4.78, 5) is 67.9. The molecule has 16 heteroatoms. The van der Waals surface area contributed by atoms with Crippen molar-refractivity contribution < 1.29 is 57.9 Å². The van der Waals surface area contributed by atoms with Crippen LogP contribution < -0.4 is 21.3 Å². The minimum Gasteiger partial charge on any atom is -0.481 e. The zero-order chi connectivity index (χ0) is 38.4. The first kappa shape index (κ1) is 49.8. The van der Waals surface area contributed by atoms with Crippen LogP contribution in [0.25, 0.3) is 0 Å². The molecular weight excluding hydrogens is 668 g/mol. The van der Waals surface area contributed by atoms with Gasteiger partial charge in [0.25, 0.3) is 0 Å². The number of carboxylic acids is 2. The van der Waals surface area contributed by atoms with Crippen LogP contribution in [0.15, 0.2) is 0 Å². The Morgan fingerprint density at radius 1 is 0.490 bits per heavy atom. The Balaban J connectivity index is 0. The Bertz CT molecular complexity index is 923. The summed E-state index contributed by atoms with van der Waals surface area (Å²) in [6.45, 7) is 8.66. The van der Waals surface area contributed by atoms with Gasteiger partial charge in [0.05, 0.1) is 39.6 Å². The fraction of sp³-hybridized carbons (Fsp3) is 0.829. The van der Waals surface area contributed by atoms with E-state index < -0.39 is 18.0 Å². The molecule has 0 bridgehead atoms. The van der Waals surface area contributed by atoms with E-state index in [-0.39, 0.29) is 89.1 Å². The minimum atomic E-state index is -1.18. The average Bonchev–Trinajstić information content (AvgIpc) is 3.08. The highest BCUT2D eigenvalue weighted by Gasteiger charge is 2.20. The fourth-order valence-corrected chi connectivity index (χ4v) is 4.15. The zero-order valence-corrected chi connectivity index (χ0v) is 31.2. The molecule has 16 nitrogen and oxygen atoms in total. The van der Waals surface area contributed by atoms with Crippen LogP contribution in [0.5, 0.6) is 0 Å². The van der Waals surface area contributed by atoms with Crippen LogP contribution in [0.2, 0.25) is 0 Å². The lowest BCUT2D eigenvalue weighted by Crippen LogP contribution is -2.41. The molecule has 0 radical (unpaired) electrons. The summed E-state index contributed by atoms with van der Waals surface area (Å²) in [5.74, 6) is -2.99. The first-order valence-electron chi connectivity index (χ1n) is 18.4. The van der Waals surface area contributed by atoms with Crippen molar-refractivity contribution >= 4 is 35.6 Å². The number of aliphatic carboxylic acids is 2. The van der Waals surface area contributed by atoms with Gasteiger partial charge in [0.2, 0.25) is 23.6 Å². The topological polar surface area (TPSA) is 228 Å². The van der Waals surface area contributed by atoms with Crippen LogP contribution in [-0.4, -0.2) is 124 Å². The van der Waals surface area contributed by atoms with Crippen molar-refractivity contribution in [1.82, 2.24) is 21.3 Å². The second kappa shape index (κ2) is 37.9. The van der Waals surface area contributed by atoms with E-state index in [1.165, 1.54) is 32.1 Å². The molecule has 0 aliphatic heterocycles. The minimum absolute atomic E-state index is 0.00426. The van der Waals surface area contributed by atoms with Gasteiger partial charge in [-0.05, 0) is 25.7 Å². The third-order valence-corrected chi connectivity index (χ3v) is 6.96. The predicted octanol–water partition coefficient (Wildman–Crippen LogP) is 2.56. The number of ether oxygens (including phenoxy) is 4. The highest BCUT2D eigenvalue weighted by atomic mass is 16.5. The lowest BCUT2D eigenvalue weighted by atomic mass is 10.1. The highest BCUT2D eigenvalue weighted by Crippen LogP contribution is 2.08. The summed E-state index contributed by atoms with van der Waals surface area (Å²) >= 11 is 0. The second-order valence-electron chi connectivity index (χ2n) is 11.7. The molecular formula is C35H66N4O12. The average molecular weight is 735 g/mol. The normalized spacial score (nSPS) is 11.1. The number of carboxylic acid groups (broad SMARTS) is 2. The fourth-order valence-electron chi connectivity index (χ4n) is 4.15. The smallest absolute Gasteiger partial charge is 0.326 e. The predicted molar refractivity (Wildman–Crippen MR) is 191 cm³/mol. The molecule has 0 aliphatic rings. The van der Waals surface area contributed by atoms with Gasteiger partial charge in [0.1, 0.15) is 19.3 Å². The molecule has 4 amide bonds. The molecule has 0 rings (SSSR count). The number of carbonyl (C=O) groups is 6. The van der Waals surface area contributed by atoms with Crippen LogP contribution in [0.4, 0.5) is 0 Å². The van der Waals surface area contributed by atoms with Crippen molar-refractivity contribution in [3.8, 4) is 0 Å². The van der Waals surface area contributed by atoms with Crippen molar-refractivity contribution in [2.24, 2.45) is 0 Å². The van der Waals surface area contributed by atoms with Crippen molar-refractivity contribution in [1.29, 1.82) is 0 Å². The van der Waals surface area contributed by atoms with Crippen LogP contribution >= 0.6 is 0 Å². The molecule has 0 fully saturated rings. The van der Waals surface area contributed by atoms with E-state index in [4.69, 9.17) is 29.2 Å². The van der Waals surface area contributed by atoms with Crippen molar-refractivity contribution in [3.05, 3.63) is 0 Å². The summed E-state index contributed by atoms with van der Waals surface area (Å²) in [5.41, 5.74) is 0. The van der Waals surface area contributed by atoms with Crippen LogP contribution in [0.1, 0.15) is 111 Å². The van der Waals surface area contributed by atoms with Crippen LogP contribution in [0, 0.1) is 0 Å². The van der Waals surface area contributed by atoms with E-state index in [9.17, 15) is 28.8 Å². The number of nitrogens with one attached hydrogen (secondary N) is 4. The van der Waals surface area contributed by atoms with Gasteiger partial charge < -0.3 is 50.4 Å². The second-order valence-corrected chi connectivity index (χ2v) is 11.7. The maximum atomic E-state index is 11.9. The Hall–Kier alpha value is -3.34. The van der Waals surface area contributed by atoms with Crippen LogP contribution in [-0.2, 0) is 47.7 Å². The lowest BCUT2D eigenvalue weighted by Gasteiger charge is -2.14. The Kier molecular flexibility index (Phi) is 37.0. The molecule has 0 saturated heterocycles. The highest BCUT2D eigenvalue weighted by molar-refractivity contribution is 5.84. The van der Waals surface area contributed by atoms with Gasteiger partial charge in [-0.15, -0.1) is 0 Å². The van der Waals surface area contributed by atoms with Gasteiger partial charge in [0, 0.05) is 38.9 Å². The van der Waals surface area contributed by atoms with Gasteiger partial charge in [-0.1, -0.05) is 65.7 Å². The summed E-state index contributed by atoms with van der Waals surface area (Å²) in [6, 6.07) is -1.10. The zero-order valence-electron chi connectivity index (χ0n) is 31.2. The largest absolute Gasteiger partial charge is 0.481 e. The number of unbranched alkanes of at least 4 members (excludes halogenated alkanes) is 7. The van der Waals surface area contributed by atoms with Gasteiger partial charge in [-0.3, -0.25) is 24.0 Å². The molecule has 51 heavy (non-hydrogen) atoms. The Labute approximate surface area is 303 Å². The number of hydrogen-bond acceptors (Lipinski definition) is 10. The van der Waals surface area contributed by atoms with Gasteiger partial charge in [-0.25, -0.2) is 4.79 Å². The third kappa shape index (κ3) is 39.3. The molecule has 0 unspecified atom stereocenters. The number of amides is 4. The maximum Gasteiger partial charge on any atom is 0.326 e. The first-order valence-corrected chi connectivity index (χ1v) is 18.4. The van der Waals surface area contributed by atoms with E-state index in [0.717, 1.165) is 25.7 Å². The van der Waals surface area contributed by atoms with Crippen LogP contribution in [0.3, 0.4) is 0 Å². The number of hydrogen-bond donors (Lipinski definition) is 6. The molecule has 0 aromatic heterocycles. The lowest BCUT2D eigenvalue weighted by molar-refractivity contribution is -0.142. The number of carbonyl (C=O) groups excluding carboxylic acids is 4. The molecule has 6 N–H and O–H groups in total. The molecule has 1 atom stereocenters. The van der Waals surface area contributed by atoms with E-state index in [2.05, 4.69) is 28.2 Å². The summed E-state index contributed by atoms with van der Waals surface area (Å²) < 4.78 is 21.0. The van der Waals surface area contributed by atoms with E-state index in [0.29, 0.717) is 39.1 Å². The Morgan fingerprint density at radius 3 is 1.49 bits per heavy atom. The third-order valence-electron chi connectivity index (χ3n) is 6.96. The Morgan fingerprint density at radius 2 is 0.980 bits per heavy atom. The number of rotatable bonds is 34. The molecule has 0 heterocycles. The molecule has 0 aliphatic carbocycles. The SMILES string of the molecule is CCCCCCCCCC(=O)O.CCCCNC(=O)COCCOCCNC(=O)COCCOCCNC(=O)CC[C@H](NC(=O)CCC)C(=O)O. The quantitative estimate of drug-likeness (QED) is 0.0525. The molecule has 0 aromatic carbocycles. The summed E-state index contributed by atoms with van der Waals surface area (Å²) in [6.07, 6.45) is 11.4. The van der Waals surface area contributed by atoms with Crippen molar-refractivity contribution in [2.45, 2.75) is 117 Å². The van der Waals surface area contributed by atoms with E-state index >= 15 is 0 Å². The van der Waals surface area contributed by atoms with Gasteiger partial charge in [-0.2, -0.15) is 0 Å². The van der Waals surface area contributed by atoms with Crippen molar-refractivity contribution in [2.75, 3.05) is 72.5 Å². The van der Waals surface area contributed by atoms with Gasteiger partial charge >= 0.3 is 11.9 Å². The summed E-state index contributed by atoms with van der Waals surface area (Å²) in [7, 11) is 0. The summed E-state index contributed by atoms with van der Waals surface area (Å²) in [5, 5.41) is 27.9. The molecule has 0 saturated carbocycles. The first-order chi connectivity index (χ1) is 24.6. The van der Waals surface area contributed by atoms with E-state index in [1.807, 2.05) is 13.8 Å². The molecule has 0 spiro atoms. The standard InChI is InChI=1S/C25H46N4O10.C10H20O2/c1-3-5-9-26-23(32)18-38-16-15-37-13-11-28-24(33)19-39-17-14-36-12-10-27-21(30)8-7-20(25(34)35)29-22(31)6-4-2;1-2-3-4-5-6-7-8-9-10(11)12/h20H,3-19H2,1-2H3,(H,26,32)(H,27,30)(H,28,33)(H,29,31)(H,34,35);2-9H2,1H3,(H,11,12)/t20-;/m0./s1. The monoisotopic (exact) mass is 734 g/mol. The van der Waals surface area contributed by atoms with E-state index in [1.54, 1.807) is 0 Å². The van der Waals surface area contributed by atoms with Crippen molar-refractivity contribution in [3.63, 3.8) is 0 Å².